The lowest BCUT2D eigenvalue weighted by Crippen LogP contribution is -2.45. The molecule has 0 aliphatic carbocycles. The van der Waals surface area contributed by atoms with Crippen LogP contribution in [0.5, 0.6) is 0 Å². The van der Waals surface area contributed by atoms with Gasteiger partial charge in [0.05, 0.1) is 10.5 Å². The number of benzene rings is 1. The molecular formula is C18H25NO5S. The highest BCUT2D eigenvalue weighted by atomic mass is 32.2. The minimum absolute atomic E-state index is 0.0541. The number of sulfone groups is 1. The van der Waals surface area contributed by atoms with Crippen LogP contribution >= 0.6 is 0 Å². The topological polar surface area (TPSA) is 80.8 Å². The van der Waals surface area contributed by atoms with Crippen LogP contribution in [0.4, 0.5) is 0 Å². The second kappa shape index (κ2) is 7.99. The SMILES string of the molecule is CC[C@@H]1CCCCN1C(=O)COC(=O)c1cc(S(C)(=O)=O)ccc1C. The lowest BCUT2D eigenvalue weighted by atomic mass is 10.00. The van der Waals surface area contributed by atoms with Crippen LogP contribution < -0.4 is 0 Å². The first-order valence-electron chi connectivity index (χ1n) is 8.51. The van der Waals surface area contributed by atoms with E-state index in [1.807, 2.05) is 6.92 Å². The second-order valence-corrected chi connectivity index (χ2v) is 8.49. The number of amides is 1. The van der Waals surface area contributed by atoms with E-state index < -0.39 is 15.8 Å². The number of aryl methyl sites for hydroxylation is 1. The van der Waals surface area contributed by atoms with Crippen molar-refractivity contribution in [1.82, 2.24) is 4.90 Å². The second-order valence-electron chi connectivity index (χ2n) is 6.47. The lowest BCUT2D eigenvalue weighted by Gasteiger charge is -2.35. The van der Waals surface area contributed by atoms with E-state index in [0.29, 0.717) is 12.1 Å². The van der Waals surface area contributed by atoms with E-state index in [9.17, 15) is 18.0 Å². The van der Waals surface area contributed by atoms with Crippen LogP contribution in [-0.4, -0.2) is 50.6 Å². The summed E-state index contributed by atoms with van der Waals surface area (Å²) in [5.74, 6) is -0.877. The summed E-state index contributed by atoms with van der Waals surface area (Å²) in [5.41, 5.74) is 0.774. The molecule has 6 nitrogen and oxygen atoms in total. The molecule has 1 atom stereocenters. The van der Waals surface area contributed by atoms with Crippen molar-refractivity contribution < 1.29 is 22.7 Å². The minimum atomic E-state index is -3.42. The lowest BCUT2D eigenvalue weighted by molar-refractivity contribution is -0.138. The minimum Gasteiger partial charge on any atom is -0.452 e. The molecule has 0 aromatic heterocycles. The Morgan fingerprint density at radius 3 is 2.64 bits per heavy atom. The van der Waals surface area contributed by atoms with E-state index in [1.54, 1.807) is 17.9 Å². The molecule has 1 fully saturated rings. The maximum atomic E-state index is 12.4. The first-order chi connectivity index (χ1) is 11.7. The molecule has 1 aromatic carbocycles. The van der Waals surface area contributed by atoms with E-state index >= 15 is 0 Å². The van der Waals surface area contributed by atoms with E-state index in [1.165, 1.54) is 12.1 Å². The number of nitrogens with zero attached hydrogens (tertiary/aromatic N) is 1. The van der Waals surface area contributed by atoms with Crippen molar-refractivity contribution in [2.24, 2.45) is 0 Å². The third-order valence-electron chi connectivity index (χ3n) is 4.60. The molecule has 138 valence electrons. The van der Waals surface area contributed by atoms with Crippen LogP contribution in [0.25, 0.3) is 0 Å². The molecule has 2 rings (SSSR count). The van der Waals surface area contributed by atoms with Crippen LogP contribution in [-0.2, 0) is 19.4 Å². The van der Waals surface area contributed by atoms with Crippen LogP contribution in [0.15, 0.2) is 23.1 Å². The number of hydrogen-bond acceptors (Lipinski definition) is 5. The van der Waals surface area contributed by atoms with Gasteiger partial charge in [-0.3, -0.25) is 4.79 Å². The fraction of sp³-hybridized carbons (Fsp3) is 0.556. The van der Waals surface area contributed by atoms with Gasteiger partial charge in [-0.1, -0.05) is 13.0 Å². The molecule has 1 aliphatic heterocycles. The summed E-state index contributed by atoms with van der Waals surface area (Å²) in [7, 11) is -3.42. The Morgan fingerprint density at radius 2 is 2.00 bits per heavy atom. The Morgan fingerprint density at radius 1 is 1.28 bits per heavy atom. The van der Waals surface area contributed by atoms with Gasteiger partial charge in [0.25, 0.3) is 5.91 Å². The van der Waals surface area contributed by atoms with Crippen molar-refractivity contribution in [2.75, 3.05) is 19.4 Å². The summed E-state index contributed by atoms with van der Waals surface area (Å²) in [6.45, 7) is 4.11. The van der Waals surface area contributed by atoms with Crippen molar-refractivity contribution in [3.8, 4) is 0 Å². The first kappa shape index (κ1) is 19.4. The summed E-state index contributed by atoms with van der Waals surface area (Å²) < 4.78 is 28.5. The van der Waals surface area contributed by atoms with Crippen LogP contribution in [0.3, 0.4) is 0 Å². The average Bonchev–Trinajstić information content (AvgIpc) is 2.58. The zero-order chi connectivity index (χ0) is 18.6. The molecule has 1 saturated heterocycles. The Hall–Kier alpha value is -1.89. The summed E-state index contributed by atoms with van der Waals surface area (Å²) in [4.78, 5) is 26.5. The third kappa shape index (κ3) is 4.81. The molecular weight excluding hydrogens is 342 g/mol. The molecule has 7 heteroatoms. The largest absolute Gasteiger partial charge is 0.452 e. The van der Waals surface area contributed by atoms with Gasteiger partial charge in [0.1, 0.15) is 0 Å². The van der Waals surface area contributed by atoms with Crippen molar-refractivity contribution in [1.29, 1.82) is 0 Å². The van der Waals surface area contributed by atoms with E-state index in [0.717, 1.165) is 31.9 Å². The van der Waals surface area contributed by atoms with Crippen molar-refractivity contribution >= 4 is 21.7 Å². The standard InChI is InChI=1S/C18H25NO5S/c1-4-14-7-5-6-10-19(14)17(20)12-24-18(21)16-11-15(25(3,22)23)9-8-13(16)2/h8-9,11,14H,4-7,10,12H2,1-3H3/t14-/m1/s1. The number of esters is 1. The quantitative estimate of drug-likeness (QED) is 0.746. The molecule has 1 aliphatic rings. The van der Waals surface area contributed by atoms with Gasteiger partial charge >= 0.3 is 5.97 Å². The molecule has 25 heavy (non-hydrogen) atoms. The molecule has 0 saturated carbocycles. The number of ether oxygens (including phenoxy) is 1. The van der Waals surface area contributed by atoms with Crippen LogP contribution in [0.1, 0.15) is 48.5 Å². The molecule has 1 amide bonds. The van der Waals surface area contributed by atoms with Gasteiger partial charge in [-0.05, 0) is 50.3 Å². The van der Waals surface area contributed by atoms with Crippen LogP contribution in [0.2, 0.25) is 0 Å². The van der Waals surface area contributed by atoms with Gasteiger partial charge in [-0.15, -0.1) is 0 Å². The van der Waals surface area contributed by atoms with Gasteiger partial charge in [0.15, 0.2) is 16.4 Å². The smallest absolute Gasteiger partial charge is 0.338 e. The number of rotatable bonds is 5. The highest BCUT2D eigenvalue weighted by Gasteiger charge is 2.26. The van der Waals surface area contributed by atoms with Crippen molar-refractivity contribution in [2.45, 2.75) is 50.5 Å². The molecule has 0 bridgehead atoms. The summed E-state index contributed by atoms with van der Waals surface area (Å²) in [6, 6.07) is 4.52. The Labute approximate surface area is 149 Å². The number of hydrogen-bond donors (Lipinski definition) is 0. The summed E-state index contributed by atoms with van der Waals surface area (Å²) in [5, 5.41) is 0. The van der Waals surface area contributed by atoms with Crippen LogP contribution in [0, 0.1) is 6.92 Å². The molecule has 0 radical (unpaired) electrons. The molecule has 1 aromatic rings. The molecule has 0 N–H and O–H groups in total. The Kier molecular flexibility index (Phi) is 6.21. The van der Waals surface area contributed by atoms with Gasteiger partial charge in [0.2, 0.25) is 0 Å². The third-order valence-corrected chi connectivity index (χ3v) is 5.71. The average molecular weight is 367 g/mol. The summed E-state index contributed by atoms with van der Waals surface area (Å²) in [6.07, 6.45) is 5.02. The van der Waals surface area contributed by atoms with Gasteiger partial charge in [0, 0.05) is 18.8 Å². The highest BCUT2D eigenvalue weighted by Crippen LogP contribution is 2.20. The van der Waals surface area contributed by atoms with Gasteiger partial charge < -0.3 is 9.64 Å². The maximum absolute atomic E-state index is 12.4. The number of carbonyl (C=O) groups excluding carboxylic acids is 2. The predicted molar refractivity (Wildman–Crippen MR) is 94.2 cm³/mol. The molecule has 1 heterocycles. The fourth-order valence-corrected chi connectivity index (χ4v) is 3.74. The monoisotopic (exact) mass is 367 g/mol. The zero-order valence-corrected chi connectivity index (χ0v) is 15.8. The van der Waals surface area contributed by atoms with Crippen molar-refractivity contribution in [3.05, 3.63) is 29.3 Å². The number of carbonyl (C=O) groups is 2. The normalized spacial score (nSPS) is 18.0. The van der Waals surface area contributed by atoms with Gasteiger partial charge in [-0.2, -0.15) is 0 Å². The predicted octanol–water partition coefficient (Wildman–Crippen LogP) is 2.35. The van der Waals surface area contributed by atoms with E-state index in [-0.39, 0.29) is 29.0 Å². The number of piperidine rings is 1. The number of likely N-dealkylation sites (tertiary alicyclic amines) is 1. The van der Waals surface area contributed by atoms with E-state index in [4.69, 9.17) is 4.74 Å². The van der Waals surface area contributed by atoms with E-state index in [2.05, 4.69) is 0 Å². The van der Waals surface area contributed by atoms with Gasteiger partial charge in [-0.25, -0.2) is 13.2 Å². The fourth-order valence-electron chi connectivity index (χ4n) is 3.09. The maximum Gasteiger partial charge on any atom is 0.338 e. The first-order valence-corrected chi connectivity index (χ1v) is 10.4. The summed E-state index contributed by atoms with van der Waals surface area (Å²) >= 11 is 0. The molecule has 0 spiro atoms. The Balaban J connectivity index is 2.06. The van der Waals surface area contributed by atoms with Crippen molar-refractivity contribution in [3.63, 3.8) is 0 Å². The Bertz CT molecular complexity index is 757. The highest BCUT2D eigenvalue weighted by molar-refractivity contribution is 7.90. The molecule has 0 unspecified atom stereocenters. The zero-order valence-electron chi connectivity index (χ0n) is 14.9.